The molecule has 1 aliphatic rings. The molecule has 1 aromatic heterocycles. The molecule has 6 heteroatoms. The Morgan fingerprint density at radius 2 is 1.76 bits per heavy atom. The first-order valence-corrected chi connectivity index (χ1v) is 8.55. The lowest BCUT2D eigenvalue weighted by molar-refractivity contribution is -0.138. The number of hydrogen-bond donors (Lipinski definition) is 1. The molecule has 2 heterocycles. The average molecular weight is 341 g/mol. The zero-order valence-corrected chi connectivity index (χ0v) is 14.1. The lowest BCUT2D eigenvalue weighted by Crippen LogP contribution is -2.52. The number of hydrogen-bond acceptors (Lipinski definition) is 5. The van der Waals surface area contributed by atoms with Gasteiger partial charge in [0.25, 0.3) is 0 Å². The van der Waals surface area contributed by atoms with Crippen LogP contribution in [0.1, 0.15) is 12.8 Å². The van der Waals surface area contributed by atoms with E-state index in [1.165, 1.54) is 5.69 Å². The Bertz CT molecular complexity index is 658. The minimum Gasteiger partial charge on any atom is -0.481 e. The van der Waals surface area contributed by atoms with Crippen LogP contribution in [-0.2, 0) is 4.79 Å². The fourth-order valence-corrected chi connectivity index (χ4v) is 3.04. The van der Waals surface area contributed by atoms with Gasteiger partial charge in [-0.05, 0) is 24.3 Å². The van der Waals surface area contributed by atoms with Crippen molar-refractivity contribution in [1.82, 2.24) is 9.88 Å². The number of aliphatic carboxylic acids is 1. The molecule has 0 amide bonds. The number of piperazine rings is 1. The second kappa shape index (κ2) is 8.48. The number of carbonyl (C=O) groups is 1. The number of carboxylic acid groups (broad SMARTS) is 1. The molecule has 25 heavy (non-hydrogen) atoms. The van der Waals surface area contributed by atoms with Gasteiger partial charge < -0.3 is 14.7 Å². The smallest absolute Gasteiger partial charge is 0.303 e. The summed E-state index contributed by atoms with van der Waals surface area (Å²) in [6, 6.07) is 13.6. The highest BCUT2D eigenvalue weighted by molar-refractivity contribution is 5.66. The van der Waals surface area contributed by atoms with Gasteiger partial charge in [-0.25, -0.2) is 0 Å². The van der Waals surface area contributed by atoms with Gasteiger partial charge in [0.2, 0.25) is 0 Å². The van der Waals surface area contributed by atoms with Crippen molar-refractivity contribution in [2.24, 2.45) is 0 Å². The van der Waals surface area contributed by atoms with Crippen molar-refractivity contribution in [3.05, 3.63) is 54.9 Å². The van der Waals surface area contributed by atoms with E-state index in [-0.39, 0.29) is 12.6 Å². The molecule has 1 aromatic carbocycles. The highest BCUT2D eigenvalue weighted by atomic mass is 16.5. The maximum Gasteiger partial charge on any atom is 0.303 e. The number of carboxylic acids is 1. The predicted molar refractivity (Wildman–Crippen MR) is 95.8 cm³/mol. The standard InChI is InChI=1S/C19H23N3O3/c23-19(24)7-6-18(25-17-4-2-1-3-5-17)22-14-12-21(13-15-22)16-8-10-20-11-9-16/h1-5,8-11,18H,6-7,12-15H2,(H,23,24). The van der Waals surface area contributed by atoms with Gasteiger partial charge in [-0.3, -0.25) is 14.7 Å². The van der Waals surface area contributed by atoms with Crippen molar-refractivity contribution in [2.75, 3.05) is 31.1 Å². The summed E-state index contributed by atoms with van der Waals surface area (Å²) in [4.78, 5) is 19.6. The zero-order valence-electron chi connectivity index (χ0n) is 14.1. The van der Waals surface area contributed by atoms with Gasteiger partial charge >= 0.3 is 5.97 Å². The van der Waals surface area contributed by atoms with Crippen molar-refractivity contribution in [2.45, 2.75) is 19.1 Å². The van der Waals surface area contributed by atoms with Crippen molar-refractivity contribution < 1.29 is 14.6 Å². The monoisotopic (exact) mass is 341 g/mol. The summed E-state index contributed by atoms with van der Waals surface area (Å²) in [6.45, 7) is 3.43. The van der Waals surface area contributed by atoms with Crippen LogP contribution < -0.4 is 9.64 Å². The summed E-state index contributed by atoms with van der Waals surface area (Å²) >= 11 is 0. The SMILES string of the molecule is O=C(O)CCC(Oc1ccccc1)N1CCN(c2ccncc2)CC1. The molecule has 1 fully saturated rings. The highest BCUT2D eigenvalue weighted by Crippen LogP contribution is 2.20. The molecule has 2 aromatic rings. The molecule has 3 rings (SSSR count). The number of nitrogens with zero attached hydrogens (tertiary/aromatic N) is 3. The first kappa shape index (κ1) is 17.2. The van der Waals surface area contributed by atoms with Crippen LogP contribution in [0.4, 0.5) is 5.69 Å². The van der Waals surface area contributed by atoms with E-state index in [0.717, 1.165) is 31.9 Å². The highest BCUT2D eigenvalue weighted by Gasteiger charge is 2.26. The maximum absolute atomic E-state index is 11.0. The van der Waals surface area contributed by atoms with Gasteiger partial charge in [0.1, 0.15) is 5.75 Å². The van der Waals surface area contributed by atoms with Crippen LogP contribution in [0.3, 0.4) is 0 Å². The predicted octanol–water partition coefficient (Wildman–Crippen LogP) is 2.47. The van der Waals surface area contributed by atoms with Crippen LogP contribution >= 0.6 is 0 Å². The third kappa shape index (κ3) is 4.93. The third-order valence-corrected chi connectivity index (χ3v) is 4.37. The molecule has 0 aliphatic carbocycles. The molecule has 1 aliphatic heterocycles. The van der Waals surface area contributed by atoms with Crippen LogP contribution in [0.5, 0.6) is 5.75 Å². The van der Waals surface area contributed by atoms with E-state index >= 15 is 0 Å². The van der Waals surface area contributed by atoms with Crippen molar-refractivity contribution in [1.29, 1.82) is 0 Å². The molecule has 1 atom stereocenters. The number of aromatic nitrogens is 1. The molecular formula is C19H23N3O3. The van der Waals surface area contributed by atoms with Gasteiger partial charge in [-0.2, -0.15) is 0 Å². The van der Waals surface area contributed by atoms with E-state index in [1.54, 1.807) is 12.4 Å². The largest absolute Gasteiger partial charge is 0.481 e. The molecule has 1 N–H and O–H groups in total. The van der Waals surface area contributed by atoms with Gasteiger partial charge in [0.05, 0.1) is 6.42 Å². The second-order valence-electron chi connectivity index (χ2n) is 6.05. The number of anilines is 1. The summed E-state index contributed by atoms with van der Waals surface area (Å²) in [5, 5.41) is 9.03. The van der Waals surface area contributed by atoms with E-state index in [0.29, 0.717) is 6.42 Å². The topological polar surface area (TPSA) is 65.9 Å². The summed E-state index contributed by atoms with van der Waals surface area (Å²) in [7, 11) is 0. The van der Waals surface area contributed by atoms with Gasteiger partial charge in [0, 0.05) is 50.7 Å². The van der Waals surface area contributed by atoms with Gasteiger partial charge in [-0.1, -0.05) is 18.2 Å². The quantitative estimate of drug-likeness (QED) is 0.835. The Balaban J connectivity index is 1.62. The molecule has 0 radical (unpaired) electrons. The van der Waals surface area contributed by atoms with Crippen molar-refractivity contribution in [3.63, 3.8) is 0 Å². The molecule has 6 nitrogen and oxygen atoms in total. The fraction of sp³-hybridized carbons (Fsp3) is 0.368. The van der Waals surface area contributed by atoms with Crippen LogP contribution in [0.15, 0.2) is 54.9 Å². The first-order chi connectivity index (χ1) is 12.2. The van der Waals surface area contributed by atoms with Crippen LogP contribution in [0.2, 0.25) is 0 Å². The van der Waals surface area contributed by atoms with Gasteiger partial charge in [-0.15, -0.1) is 0 Å². The minimum atomic E-state index is -0.794. The molecule has 132 valence electrons. The van der Waals surface area contributed by atoms with E-state index < -0.39 is 5.97 Å². The third-order valence-electron chi connectivity index (χ3n) is 4.37. The first-order valence-electron chi connectivity index (χ1n) is 8.55. The lowest BCUT2D eigenvalue weighted by Gasteiger charge is -2.39. The summed E-state index contributed by atoms with van der Waals surface area (Å²) in [5.41, 5.74) is 1.17. The molecule has 0 saturated carbocycles. The molecule has 1 saturated heterocycles. The summed E-state index contributed by atoms with van der Waals surface area (Å²) in [6.07, 6.45) is 3.95. The Kier molecular flexibility index (Phi) is 5.85. The fourth-order valence-electron chi connectivity index (χ4n) is 3.04. The zero-order chi connectivity index (χ0) is 17.5. The number of benzene rings is 1. The molecular weight excluding hydrogens is 318 g/mol. The second-order valence-corrected chi connectivity index (χ2v) is 6.05. The van der Waals surface area contributed by atoms with Crippen molar-refractivity contribution in [3.8, 4) is 5.75 Å². The minimum absolute atomic E-state index is 0.0993. The van der Waals surface area contributed by atoms with Crippen LogP contribution in [0.25, 0.3) is 0 Å². The normalized spacial score (nSPS) is 16.4. The van der Waals surface area contributed by atoms with Gasteiger partial charge in [0.15, 0.2) is 6.23 Å². The number of pyridine rings is 1. The number of para-hydroxylation sites is 1. The van der Waals surface area contributed by atoms with E-state index in [4.69, 9.17) is 9.84 Å². The van der Waals surface area contributed by atoms with E-state index in [9.17, 15) is 4.79 Å². The Hall–Kier alpha value is -2.60. The summed E-state index contributed by atoms with van der Waals surface area (Å²) in [5.74, 6) is -0.0217. The molecule has 0 bridgehead atoms. The van der Waals surface area contributed by atoms with Crippen molar-refractivity contribution >= 4 is 11.7 Å². The Labute approximate surface area is 147 Å². The van der Waals surface area contributed by atoms with E-state index in [1.807, 2.05) is 42.5 Å². The Morgan fingerprint density at radius 3 is 2.40 bits per heavy atom. The van der Waals surface area contributed by atoms with E-state index in [2.05, 4.69) is 14.8 Å². The maximum atomic E-state index is 11.0. The lowest BCUT2D eigenvalue weighted by atomic mass is 10.2. The van der Waals surface area contributed by atoms with Crippen LogP contribution in [0, 0.1) is 0 Å². The molecule has 0 spiro atoms. The Morgan fingerprint density at radius 1 is 1.08 bits per heavy atom. The van der Waals surface area contributed by atoms with Crippen LogP contribution in [-0.4, -0.2) is 53.4 Å². The number of ether oxygens (including phenoxy) is 1. The summed E-state index contributed by atoms with van der Waals surface area (Å²) < 4.78 is 6.08. The molecule has 1 unspecified atom stereocenters. The number of rotatable bonds is 7. The average Bonchev–Trinajstić information content (AvgIpc) is 2.67.